The number of ether oxygens (including phenoxy) is 1. The molecular formula is C10H23NO2. The quantitative estimate of drug-likeness (QED) is 0.566. The van der Waals surface area contributed by atoms with Crippen molar-refractivity contribution >= 4 is 0 Å². The molecule has 0 aliphatic heterocycles. The van der Waals surface area contributed by atoms with E-state index < -0.39 is 0 Å². The zero-order chi connectivity index (χ0) is 10.1. The molecule has 0 aliphatic rings. The first-order valence-corrected chi connectivity index (χ1v) is 5.24. The summed E-state index contributed by atoms with van der Waals surface area (Å²) in [6, 6.07) is -0.0355. The average molecular weight is 189 g/mol. The lowest BCUT2D eigenvalue weighted by Gasteiger charge is -2.20. The van der Waals surface area contributed by atoms with E-state index in [9.17, 15) is 0 Å². The lowest BCUT2D eigenvalue weighted by molar-refractivity contribution is -0.00442. The molecule has 0 aliphatic carbocycles. The molecule has 80 valence electrons. The normalized spacial score (nSPS) is 15.7. The maximum Gasteiger partial charge on any atom is 0.0955 e. The fourth-order valence-electron chi connectivity index (χ4n) is 1.16. The lowest BCUT2D eigenvalue weighted by Crippen LogP contribution is -2.39. The Morgan fingerprint density at radius 2 is 2.00 bits per heavy atom. The van der Waals surface area contributed by atoms with Gasteiger partial charge in [0.2, 0.25) is 0 Å². The van der Waals surface area contributed by atoms with E-state index in [1.54, 1.807) is 0 Å². The van der Waals surface area contributed by atoms with Crippen LogP contribution < -0.4 is 5.73 Å². The Hall–Kier alpha value is -0.120. The van der Waals surface area contributed by atoms with Gasteiger partial charge < -0.3 is 15.6 Å². The minimum Gasteiger partial charge on any atom is -0.394 e. The molecule has 3 N–H and O–H groups in total. The van der Waals surface area contributed by atoms with Crippen molar-refractivity contribution in [3.8, 4) is 0 Å². The smallest absolute Gasteiger partial charge is 0.0955 e. The maximum atomic E-state index is 8.98. The van der Waals surface area contributed by atoms with Crippen molar-refractivity contribution in [2.75, 3.05) is 13.2 Å². The summed E-state index contributed by atoms with van der Waals surface area (Å²) < 4.78 is 5.47. The van der Waals surface area contributed by atoms with Gasteiger partial charge in [-0.15, -0.1) is 0 Å². The average Bonchev–Trinajstić information content (AvgIpc) is 2.17. The van der Waals surface area contributed by atoms with Crippen LogP contribution in [-0.4, -0.2) is 30.5 Å². The predicted octanol–water partition coefficient (Wildman–Crippen LogP) is 1.29. The summed E-state index contributed by atoms with van der Waals surface area (Å²) in [5.74, 6) is 0. The van der Waals surface area contributed by atoms with Crippen LogP contribution in [0.15, 0.2) is 0 Å². The van der Waals surface area contributed by atoms with Gasteiger partial charge in [-0.25, -0.2) is 0 Å². The van der Waals surface area contributed by atoms with Crippen LogP contribution in [0.4, 0.5) is 0 Å². The highest BCUT2D eigenvalue weighted by Gasteiger charge is 2.14. The van der Waals surface area contributed by atoms with Crippen LogP contribution in [-0.2, 0) is 4.74 Å². The highest BCUT2D eigenvalue weighted by Crippen LogP contribution is 2.03. The molecule has 2 unspecified atom stereocenters. The third kappa shape index (κ3) is 6.02. The summed E-state index contributed by atoms with van der Waals surface area (Å²) in [5, 5.41) is 8.98. The Labute approximate surface area is 81.3 Å². The van der Waals surface area contributed by atoms with E-state index in [-0.39, 0.29) is 18.8 Å². The van der Waals surface area contributed by atoms with Crippen LogP contribution >= 0.6 is 0 Å². The number of rotatable bonds is 8. The number of hydrogen-bond acceptors (Lipinski definition) is 3. The van der Waals surface area contributed by atoms with Gasteiger partial charge >= 0.3 is 0 Å². The molecule has 0 aromatic rings. The van der Waals surface area contributed by atoms with Gasteiger partial charge in [-0.05, 0) is 12.8 Å². The van der Waals surface area contributed by atoms with Gasteiger partial charge in [0.05, 0.1) is 12.7 Å². The molecule has 0 amide bonds. The Kier molecular flexibility index (Phi) is 8.40. The SMILES string of the molecule is CCCCCOC(CO)C(N)CC. The van der Waals surface area contributed by atoms with E-state index in [2.05, 4.69) is 6.92 Å². The summed E-state index contributed by atoms with van der Waals surface area (Å²) in [5.41, 5.74) is 5.76. The first-order valence-electron chi connectivity index (χ1n) is 5.24. The van der Waals surface area contributed by atoms with Crippen molar-refractivity contribution in [3.63, 3.8) is 0 Å². The molecule has 0 saturated heterocycles. The monoisotopic (exact) mass is 189 g/mol. The number of aliphatic hydroxyl groups is 1. The van der Waals surface area contributed by atoms with E-state index in [1.807, 2.05) is 6.92 Å². The van der Waals surface area contributed by atoms with Gasteiger partial charge in [0.1, 0.15) is 0 Å². The summed E-state index contributed by atoms with van der Waals surface area (Å²) in [6.07, 6.45) is 4.09. The van der Waals surface area contributed by atoms with E-state index in [0.29, 0.717) is 6.61 Å². The summed E-state index contributed by atoms with van der Waals surface area (Å²) >= 11 is 0. The Morgan fingerprint density at radius 3 is 2.46 bits per heavy atom. The predicted molar refractivity (Wildman–Crippen MR) is 54.6 cm³/mol. The van der Waals surface area contributed by atoms with Crippen molar-refractivity contribution in [1.82, 2.24) is 0 Å². The standard InChI is InChI=1S/C10H23NO2/c1-3-5-6-7-13-10(8-12)9(11)4-2/h9-10,12H,3-8,11H2,1-2H3. The fourth-order valence-corrected chi connectivity index (χ4v) is 1.16. The Balaban J connectivity index is 3.47. The first-order chi connectivity index (χ1) is 6.26. The van der Waals surface area contributed by atoms with Gasteiger partial charge in [-0.2, -0.15) is 0 Å². The molecule has 0 rings (SSSR count). The van der Waals surface area contributed by atoms with Crippen LogP contribution in [0.1, 0.15) is 39.5 Å². The largest absolute Gasteiger partial charge is 0.394 e. The second-order valence-electron chi connectivity index (χ2n) is 3.37. The minimum atomic E-state index is -0.179. The Morgan fingerprint density at radius 1 is 1.31 bits per heavy atom. The van der Waals surface area contributed by atoms with E-state index >= 15 is 0 Å². The molecule has 2 atom stereocenters. The zero-order valence-corrected chi connectivity index (χ0v) is 8.83. The molecule has 0 saturated carbocycles. The summed E-state index contributed by atoms with van der Waals surface area (Å²) in [4.78, 5) is 0. The minimum absolute atomic E-state index is 0.0289. The van der Waals surface area contributed by atoms with Crippen LogP contribution in [0.5, 0.6) is 0 Å². The Bertz CT molecular complexity index is 109. The van der Waals surface area contributed by atoms with Crippen molar-refractivity contribution in [2.24, 2.45) is 5.73 Å². The molecule has 3 nitrogen and oxygen atoms in total. The summed E-state index contributed by atoms with van der Waals surface area (Å²) in [6.45, 7) is 4.90. The molecule has 0 heterocycles. The molecule has 0 fully saturated rings. The van der Waals surface area contributed by atoms with E-state index in [0.717, 1.165) is 12.8 Å². The second kappa shape index (κ2) is 8.48. The van der Waals surface area contributed by atoms with Crippen LogP contribution in [0, 0.1) is 0 Å². The zero-order valence-electron chi connectivity index (χ0n) is 8.83. The molecule has 3 heteroatoms. The third-order valence-electron chi connectivity index (χ3n) is 2.21. The highest BCUT2D eigenvalue weighted by molar-refractivity contribution is 4.70. The van der Waals surface area contributed by atoms with Crippen molar-refractivity contribution in [1.29, 1.82) is 0 Å². The second-order valence-corrected chi connectivity index (χ2v) is 3.37. The molecule has 0 spiro atoms. The van der Waals surface area contributed by atoms with Gasteiger partial charge in [-0.3, -0.25) is 0 Å². The molecule has 0 radical (unpaired) electrons. The number of aliphatic hydroxyl groups excluding tert-OH is 1. The van der Waals surface area contributed by atoms with Gasteiger partial charge in [0.25, 0.3) is 0 Å². The van der Waals surface area contributed by atoms with Crippen LogP contribution in [0.2, 0.25) is 0 Å². The topological polar surface area (TPSA) is 55.5 Å². The molecule has 0 bridgehead atoms. The first kappa shape index (κ1) is 12.9. The van der Waals surface area contributed by atoms with Crippen molar-refractivity contribution in [2.45, 2.75) is 51.7 Å². The highest BCUT2D eigenvalue weighted by atomic mass is 16.5. The number of nitrogens with two attached hydrogens (primary N) is 1. The van der Waals surface area contributed by atoms with Gasteiger partial charge in [0.15, 0.2) is 0 Å². The van der Waals surface area contributed by atoms with Gasteiger partial charge in [-0.1, -0.05) is 26.7 Å². The number of hydrogen-bond donors (Lipinski definition) is 2. The summed E-state index contributed by atoms with van der Waals surface area (Å²) in [7, 11) is 0. The van der Waals surface area contributed by atoms with Crippen molar-refractivity contribution in [3.05, 3.63) is 0 Å². The van der Waals surface area contributed by atoms with Crippen LogP contribution in [0.3, 0.4) is 0 Å². The molecule has 13 heavy (non-hydrogen) atoms. The van der Waals surface area contributed by atoms with E-state index in [4.69, 9.17) is 15.6 Å². The molecular weight excluding hydrogens is 166 g/mol. The fraction of sp³-hybridized carbons (Fsp3) is 1.00. The van der Waals surface area contributed by atoms with E-state index in [1.165, 1.54) is 12.8 Å². The number of unbranched alkanes of at least 4 members (excludes halogenated alkanes) is 2. The molecule has 0 aromatic carbocycles. The third-order valence-corrected chi connectivity index (χ3v) is 2.21. The lowest BCUT2D eigenvalue weighted by atomic mass is 10.1. The van der Waals surface area contributed by atoms with Gasteiger partial charge in [0, 0.05) is 12.6 Å². The van der Waals surface area contributed by atoms with Crippen LogP contribution in [0.25, 0.3) is 0 Å². The maximum absolute atomic E-state index is 8.98. The molecule has 0 aromatic heterocycles. The van der Waals surface area contributed by atoms with Crippen molar-refractivity contribution < 1.29 is 9.84 Å².